The molecular formula is C13H24O2. The predicted molar refractivity (Wildman–Crippen MR) is 63.6 cm³/mol. The highest BCUT2D eigenvalue weighted by atomic mass is 16.5. The lowest BCUT2D eigenvalue weighted by Crippen LogP contribution is -2.21. The van der Waals surface area contributed by atoms with Crippen LogP contribution in [0, 0.1) is 11.3 Å². The van der Waals surface area contributed by atoms with Gasteiger partial charge in [0.2, 0.25) is 0 Å². The summed E-state index contributed by atoms with van der Waals surface area (Å²) in [6, 6.07) is 0. The van der Waals surface area contributed by atoms with Crippen LogP contribution in [0.25, 0.3) is 0 Å². The van der Waals surface area contributed by atoms with Crippen LogP contribution >= 0.6 is 0 Å². The lowest BCUT2D eigenvalue weighted by molar-refractivity contribution is -0.146. The molecule has 0 N–H and O–H groups in total. The van der Waals surface area contributed by atoms with Crippen LogP contribution in [0.5, 0.6) is 0 Å². The van der Waals surface area contributed by atoms with Gasteiger partial charge < -0.3 is 4.74 Å². The molecule has 0 aromatic carbocycles. The van der Waals surface area contributed by atoms with E-state index in [-0.39, 0.29) is 17.3 Å². The Bertz CT molecular complexity index is 223. The standard InChI is InChI=1S/C13H24O2/c1-7-11(12(14)15-8-2)10(3)9-13(4,5)6/h11H,3,7-9H2,1-2,4-6H3. The van der Waals surface area contributed by atoms with Gasteiger partial charge in [-0.1, -0.05) is 39.8 Å². The normalized spacial score (nSPS) is 13.4. The number of hydrogen-bond acceptors (Lipinski definition) is 2. The van der Waals surface area contributed by atoms with Crippen molar-refractivity contribution in [1.29, 1.82) is 0 Å². The van der Waals surface area contributed by atoms with Crippen LogP contribution in [0.2, 0.25) is 0 Å². The van der Waals surface area contributed by atoms with E-state index in [0.717, 1.165) is 18.4 Å². The van der Waals surface area contributed by atoms with E-state index >= 15 is 0 Å². The Labute approximate surface area is 93.7 Å². The van der Waals surface area contributed by atoms with Gasteiger partial charge in [-0.05, 0) is 25.2 Å². The number of esters is 1. The Kier molecular flexibility index (Phi) is 5.63. The zero-order valence-corrected chi connectivity index (χ0v) is 10.7. The maximum atomic E-state index is 11.6. The fraction of sp³-hybridized carbons (Fsp3) is 0.769. The molecule has 0 aliphatic carbocycles. The first-order valence-electron chi connectivity index (χ1n) is 5.66. The summed E-state index contributed by atoms with van der Waals surface area (Å²) in [6.45, 7) is 14.7. The molecule has 1 unspecified atom stereocenters. The van der Waals surface area contributed by atoms with Crippen LogP contribution in [0.4, 0.5) is 0 Å². The van der Waals surface area contributed by atoms with Crippen LogP contribution < -0.4 is 0 Å². The molecule has 0 bridgehead atoms. The summed E-state index contributed by atoms with van der Waals surface area (Å²) in [4.78, 5) is 11.6. The summed E-state index contributed by atoms with van der Waals surface area (Å²) in [7, 11) is 0. The van der Waals surface area contributed by atoms with Crippen LogP contribution in [0.1, 0.15) is 47.5 Å². The van der Waals surface area contributed by atoms with E-state index in [1.165, 1.54) is 0 Å². The fourth-order valence-electron chi connectivity index (χ4n) is 1.67. The van der Waals surface area contributed by atoms with Gasteiger partial charge in [-0.3, -0.25) is 4.79 Å². The highest BCUT2D eigenvalue weighted by Gasteiger charge is 2.24. The van der Waals surface area contributed by atoms with Crippen LogP contribution in [0.3, 0.4) is 0 Å². The maximum absolute atomic E-state index is 11.6. The topological polar surface area (TPSA) is 26.3 Å². The highest BCUT2D eigenvalue weighted by Crippen LogP contribution is 2.29. The number of rotatable bonds is 5. The zero-order chi connectivity index (χ0) is 12.1. The fourth-order valence-corrected chi connectivity index (χ4v) is 1.67. The third-order valence-corrected chi connectivity index (χ3v) is 2.23. The van der Waals surface area contributed by atoms with Gasteiger partial charge in [-0.25, -0.2) is 0 Å². The second-order valence-corrected chi connectivity index (χ2v) is 5.11. The van der Waals surface area contributed by atoms with Crippen molar-refractivity contribution in [3.63, 3.8) is 0 Å². The smallest absolute Gasteiger partial charge is 0.313 e. The van der Waals surface area contributed by atoms with Gasteiger partial charge in [0.1, 0.15) is 0 Å². The van der Waals surface area contributed by atoms with Crippen LogP contribution in [0.15, 0.2) is 12.2 Å². The molecule has 0 aliphatic heterocycles. The predicted octanol–water partition coefficient (Wildman–Crippen LogP) is 3.57. The third kappa shape index (κ3) is 5.60. The molecular weight excluding hydrogens is 188 g/mol. The zero-order valence-electron chi connectivity index (χ0n) is 10.7. The van der Waals surface area contributed by atoms with Crippen molar-refractivity contribution in [3.8, 4) is 0 Å². The Morgan fingerprint density at radius 1 is 1.33 bits per heavy atom. The van der Waals surface area contributed by atoms with E-state index in [1.54, 1.807) is 0 Å². The average molecular weight is 212 g/mol. The lowest BCUT2D eigenvalue weighted by atomic mass is 9.83. The molecule has 2 heteroatoms. The molecule has 2 nitrogen and oxygen atoms in total. The van der Waals surface area contributed by atoms with Crippen LogP contribution in [-0.2, 0) is 9.53 Å². The Hall–Kier alpha value is -0.790. The summed E-state index contributed by atoms with van der Waals surface area (Å²) in [5, 5.41) is 0. The van der Waals surface area contributed by atoms with E-state index in [4.69, 9.17) is 4.74 Å². The molecule has 0 radical (unpaired) electrons. The quantitative estimate of drug-likeness (QED) is 0.514. The van der Waals surface area contributed by atoms with Crippen LogP contribution in [-0.4, -0.2) is 12.6 Å². The SMILES string of the molecule is C=C(CC(C)(C)C)C(CC)C(=O)OCC. The van der Waals surface area contributed by atoms with Crippen molar-refractivity contribution in [3.05, 3.63) is 12.2 Å². The average Bonchev–Trinajstić information content (AvgIpc) is 2.02. The molecule has 0 heterocycles. The molecule has 15 heavy (non-hydrogen) atoms. The molecule has 0 aromatic rings. The van der Waals surface area contributed by atoms with E-state index in [2.05, 4.69) is 27.4 Å². The molecule has 0 rings (SSSR count). The first kappa shape index (κ1) is 14.2. The van der Waals surface area contributed by atoms with E-state index in [9.17, 15) is 4.79 Å². The van der Waals surface area contributed by atoms with Crippen molar-refractivity contribution in [2.45, 2.75) is 47.5 Å². The minimum absolute atomic E-state index is 0.130. The molecule has 0 saturated heterocycles. The molecule has 0 aliphatic rings. The maximum Gasteiger partial charge on any atom is 0.313 e. The third-order valence-electron chi connectivity index (χ3n) is 2.23. The first-order chi connectivity index (χ1) is 6.81. The van der Waals surface area contributed by atoms with Crippen molar-refractivity contribution in [1.82, 2.24) is 0 Å². The van der Waals surface area contributed by atoms with Gasteiger partial charge in [-0.2, -0.15) is 0 Å². The second-order valence-electron chi connectivity index (χ2n) is 5.11. The van der Waals surface area contributed by atoms with Crippen molar-refractivity contribution >= 4 is 5.97 Å². The van der Waals surface area contributed by atoms with Gasteiger partial charge >= 0.3 is 5.97 Å². The molecule has 0 aromatic heterocycles. The van der Waals surface area contributed by atoms with Gasteiger partial charge in [0.05, 0.1) is 12.5 Å². The van der Waals surface area contributed by atoms with E-state index in [0.29, 0.717) is 6.61 Å². The van der Waals surface area contributed by atoms with Gasteiger partial charge in [0, 0.05) is 0 Å². The Morgan fingerprint density at radius 2 is 1.87 bits per heavy atom. The monoisotopic (exact) mass is 212 g/mol. The van der Waals surface area contributed by atoms with E-state index in [1.807, 2.05) is 13.8 Å². The molecule has 88 valence electrons. The van der Waals surface area contributed by atoms with Crippen molar-refractivity contribution in [2.24, 2.45) is 11.3 Å². The largest absolute Gasteiger partial charge is 0.466 e. The number of carbonyl (C=O) groups excluding carboxylic acids is 1. The Morgan fingerprint density at radius 3 is 2.20 bits per heavy atom. The minimum Gasteiger partial charge on any atom is -0.466 e. The first-order valence-corrected chi connectivity index (χ1v) is 5.66. The molecule has 1 atom stereocenters. The summed E-state index contributed by atoms with van der Waals surface area (Å²) in [5.41, 5.74) is 1.17. The van der Waals surface area contributed by atoms with Gasteiger partial charge in [0.15, 0.2) is 0 Å². The lowest BCUT2D eigenvalue weighted by Gasteiger charge is -2.24. The summed E-state index contributed by atoms with van der Waals surface area (Å²) in [5.74, 6) is -0.265. The highest BCUT2D eigenvalue weighted by molar-refractivity contribution is 5.75. The number of ether oxygens (including phenoxy) is 1. The van der Waals surface area contributed by atoms with Gasteiger partial charge in [-0.15, -0.1) is 0 Å². The molecule has 0 amide bonds. The summed E-state index contributed by atoms with van der Waals surface area (Å²) in [6.07, 6.45) is 1.64. The number of hydrogen-bond donors (Lipinski definition) is 0. The summed E-state index contributed by atoms with van der Waals surface area (Å²) < 4.78 is 5.03. The van der Waals surface area contributed by atoms with E-state index < -0.39 is 0 Å². The van der Waals surface area contributed by atoms with Crippen molar-refractivity contribution in [2.75, 3.05) is 6.61 Å². The van der Waals surface area contributed by atoms with Crippen molar-refractivity contribution < 1.29 is 9.53 Å². The number of carbonyl (C=O) groups is 1. The minimum atomic E-state index is -0.135. The molecule has 0 spiro atoms. The second kappa shape index (κ2) is 5.94. The van der Waals surface area contributed by atoms with Gasteiger partial charge in [0.25, 0.3) is 0 Å². The summed E-state index contributed by atoms with van der Waals surface area (Å²) >= 11 is 0. The molecule has 0 fully saturated rings. The molecule has 0 saturated carbocycles. The Balaban J connectivity index is 4.41.